The van der Waals surface area contributed by atoms with Gasteiger partial charge in [0.2, 0.25) is 0 Å². The molecule has 2 amide bonds. The second kappa shape index (κ2) is 6.09. The first kappa shape index (κ1) is 15.0. The Morgan fingerprint density at radius 1 is 1.30 bits per heavy atom. The van der Waals surface area contributed by atoms with Crippen LogP contribution in [0.15, 0.2) is 41.3 Å². The summed E-state index contributed by atoms with van der Waals surface area (Å²) in [5, 5.41) is 10.1. The number of carbonyl (C=O) groups is 2. The lowest BCUT2D eigenvalue weighted by Crippen LogP contribution is -2.11. The van der Waals surface area contributed by atoms with Gasteiger partial charge in [-0.3, -0.25) is 14.3 Å². The summed E-state index contributed by atoms with van der Waals surface area (Å²) >= 11 is 1.21. The van der Waals surface area contributed by atoms with Crippen molar-refractivity contribution >= 4 is 33.8 Å². The van der Waals surface area contributed by atoms with Crippen LogP contribution in [0.25, 0.3) is 0 Å². The van der Waals surface area contributed by atoms with Gasteiger partial charge in [-0.15, -0.1) is 11.3 Å². The Labute approximate surface area is 135 Å². The van der Waals surface area contributed by atoms with Gasteiger partial charge in [0.05, 0.1) is 28.0 Å². The number of nitrogens with zero attached hydrogens (tertiary/aromatic N) is 2. The van der Waals surface area contributed by atoms with Crippen LogP contribution in [0.3, 0.4) is 0 Å². The monoisotopic (exact) mass is 330 g/mol. The molecule has 0 unspecified atom stereocenters. The van der Waals surface area contributed by atoms with E-state index in [1.165, 1.54) is 17.6 Å². The average Bonchev–Trinajstić information content (AvgIpc) is 3.21. The molecular weight excluding hydrogens is 316 g/mol. The molecule has 0 aliphatic carbocycles. The predicted molar refractivity (Wildman–Crippen MR) is 86.9 cm³/mol. The molecule has 3 heterocycles. The number of hydrogen-bond acceptors (Lipinski definition) is 5. The Balaban J connectivity index is 1.72. The molecule has 0 aliphatic rings. The van der Waals surface area contributed by atoms with Gasteiger partial charge < -0.3 is 15.1 Å². The normalized spacial score (nSPS) is 10.5. The third-order valence-corrected chi connectivity index (χ3v) is 4.22. The largest absolute Gasteiger partial charge is 0.459 e. The molecule has 3 rings (SSSR count). The number of anilines is 2. The van der Waals surface area contributed by atoms with E-state index in [4.69, 9.17) is 4.42 Å². The van der Waals surface area contributed by atoms with E-state index in [1.54, 1.807) is 42.3 Å². The molecule has 0 radical (unpaired) electrons. The number of carbonyl (C=O) groups excluding carboxylic acids is 2. The third-order valence-electron chi connectivity index (χ3n) is 3.07. The van der Waals surface area contributed by atoms with Gasteiger partial charge in [-0.1, -0.05) is 0 Å². The topological polar surface area (TPSA) is 89.2 Å². The van der Waals surface area contributed by atoms with E-state index in [0.717, 1.165) is 5.56 Å². The van der Waals surface area contributed by atoms with E-state index in [9.17, 15) is 9.59 Å². The van der Waals surface area contributed by atoms with E-state index in [2.05, 4.69) is 15.7 Å². The Morgan fingerprint density at radius 2 is 2.13 bits per heavy atom. The highest BCUT2D eigenvalue weighted by Crippen LogP contribution is 2.28. The molecule has 8 heteroatoms. The lowest BCUT2D eigenvalue weighted by molar-refractivity contribution is 0.0995. The second-order valence-electron chi connectivity index (χ2n) is 4.91. The molecule has 0 fully saturated rings. The molecule has 2 N–H and O–H groups in total. The predicted octanol–water partition coefficient (Wildman–Crippen LogP) is 2.89. The van der Waals surface area contributed by atoms with Crippen LogP contribution >= 0.6 is 11.3 Å². The minimum absolute atomic E-state index is 0.220. The summed E-state index contributed by atoms with van der Waals surface area (Å²) in [5.74, 6) is -0.369. The number of nitrogens with one attached hydrogen (secondary N) is 2. The van der Waals surface area contributed by atoms with Crippen LogP contribution in [0.1, 0.15) is 25.8 Å². The van der Waals surface area contributed by atoms with Crippen LogP contribution in [-0.4, -0.2) is 21.6 Å². The number of aromatic nitrogens is 2. The van der Waals surface area contributed by atoms with Crippen molar-refractivity contribution in [1.29, 1.82) is 0 Å². The van der Waals surface area contributed by atoms with Crippen LogP contribution in [0.4, 0.5) is 10.7 Å². The SMILES string of the molecule is Cc1cc(NC(=O)c2ccco2)sc1C(=O)Nc1cnn(C)c1. The molecule has 0 spiro atoms. The summed E-state index contributed by atoms with van der Waals surface area (Å²) < 4.78 is 6.64. The van der Waals surface area contributed by atoms with E-state index in [1.807, 2.05) is 6.92 Å². The molecule has 0 saturated carbocycles. The number of rotatable bonds is 4. The molecule has 0 aromatic carbocycles. The van der Waals surface area contributed by atoms with E-state index >= 15 is 0 Å². The standard InChI is InChI=1S/C15H14N4O3S/c1-9-6-12(18-14(20)11-4-3-5-22-11)23-13(9)15(21)17-10-7-16-19(2)8-10/h3-8H,1-2H3,(H,17,21)(H,18,20). The second-order valence-corrected chi connectivity index (χ2v) is 5.96. The van der Waals surface area contributed by atoms with E-state index < -0.39 is 0 Å². The number of aryl methyl sites for hydroxylation is 2. The fourth-order valence-electron chi connectivity index (χ4n) is 2.02. The fraction of sp³-hybridized carbons (Fsp3) is 0.133. The maximum absolute atomic E-state index is 12.3. The van der Waals surface area contributed by atoms with Crippen molar-refractivity contribution in [2.24, 2.45) is 7.05 Å². The highest BCUT2D eigenvalue weighted by molar-refractivity contribution is 7.18. The summed E-state index contributed by atoms with van der Waals surface area (Å²) in [5.41, 5.74) is 1.40. The molecule has 7 nitrogen and oxygen atoms in total. The molecule has 23 heavy (non-hydrogen) atoms. The van der Waals surface area contributed by atoms with Crippen molar-refractivity contribution in [3.63, 3.8) is 0 Å². The summed E-state index contributed by atoms with van der Waals surface area (Å²) in [6.45, 7) is 1.82. The van der Waals surface area contributed by atoms with Crippen LogP contribution in [0.2, 0.25) is 0 Å². The first-order chi connectivity index (χ1) is 11.0. The Hall–Kier alpha value is -2.87. The van der Waals surface area contributed by atoms with Gasteiger partial charge in [-0.2, -0.15) is 5.10 Å². The van der Waals surface area contributed by atoms with Crippen molar-refractivity contribution in [1.82, 2.24) is 9.78 Å². The Kier molecular flexibility index (Phi) is 3.98. The minimum atomic E-state index is -0.351. The van der Waals surface area contributed by atoms with Gasteiger partial charge >= 0.3 is 0 Å². The quantitative estimate of drug-likeness (QED) is 0.770. The maximum Gasteiger partial charge on any atom is 0.291 e. The first-order valence-corrected chi connectivity index (χ1v) is 7.60. The minimum Gasteiger partial charge on any atom is -0.459 e. The van der Waals surface area contributed by atoms with E-state index in [0.29, 0.717) is 15.6 Å². The number of thiophene rings is 1. The average molecular weight is 330 g/mol. The van der Waals surface area contributed by atoms with Gasteiger partial charge in [0.15, 0.2) is 5.76 Å². The van der Waals surface area contributed by atoms with E-state index in [-0.39, 0.29) is 17.6 Å². The lowest BCUT2D eigenvalue weighted by atomic mass is 10.2. The van der Waals surface area contributed by atoms with Crippen molar-refractivity contribution in [2.45, 2.75) is 6.92 Å². The van der Waals surface area contributed by atoms with Crippen molar-refractivity contribution in [2.75, 3.05) is 10.6 Å². The maximum atomic E-state index is 12.3. The molecule has 0 saturated heterocycles. The molecule has 3 aromatic rings. The summed E-state index contributed by atoms with van der Waals surface area (Å²) in [6.07, 6.45) is 4.71. The number of furan rings is 1. The fourth-order valence-corrected chi connectivity index (χ4v) is 2.99. The molecule has 118 valence electrons. The summed E-state index contributed by atoms with van der Waals surface area (Å²) in [6, 6.07) is 4.97. The van der Waals surface area contributed by atoms with Crippen molar-refractivity contribution in [3.05, 3.63) is 53.1 Å². The highest BCUT2D eigenvalue weighted by Gasteiger charge is 2.17. The smallest absolute Gasteiger partial charge is 0.291 e. The van der Waals surface area contributed by atoms with Gasteiger partial charge in [0.1, 0.15) is 0 Å². The zero-order valence-corrected chi connectivity index (χ0v) is 13.3. The van der Waals surface area contributed by atoms with Crippen LogP contribution in [0, 0.1) is 6.92 Å². The molecule has 0 atom stereocenters. The highest BCUT2D eigenvalue weighted by atomic mass is 32.1. The van der Waals surface area contributed by atoms with Crippen LogP contribution < -0.4 is 10.6 Å². The van der Waals surface area contributed by atoms with Crippen molar-refractivity contribution < 1.29 is 14.0 Å². The molecule has 3 aromatic heterocycles. The summed E-state index contributed by atoms with van der Waals surface area (Å²) in [7, 11) is 1.77. The van der Waals surface area contributed by atoms with Crippen molar-refractivity contribution in [3.8, 4) is 0 Å². The zero-order valence-electron chi connectivity index (χ0n) is 12.5. The van der Waals surface area contributed by atoms with Gasteiger partial charge in [0, 0.05) is 13.2 Å². The third kappa shape index (κ3) is 3.32. The van der Waals surface area contributed by atoms with Crippen LogP contribution in [-0.2, 0) is 7.05 Å². The van der Waals surface area contributed by atoms with Gasteiger partial charge in [0.25, 0.3) is 11.8 Å². The van der Waals surface area contributed by atoms with Gasteiger partial charge in [-0.05, 0) is 30.7 Å². The number of amides is 2. The summed E-state index contributed by atoms with van der Waals surface area (Å²) in [4.78, 5) is 24.8. The number of hydrogen-bond donors (Lipinski definition) is 2. The lowest BCUT2D eigenvalue weighted by Gasteiger charge is -2.00. The molecular formula is C15H14N4O3S. The van der Waals surface area contributed by atoms with Gasteiger partial charge in [-0.25, -0.2) is 0 Å². The Morgan fingerprint density at radius 3 is 2.78 bits per heavy atom. The molecule has 0 bridgehead atoms. The molecule has 0 aliphatic heterocycles. The first-order valence-electron chi connectivity index (χ1n) is 6.78. The zero-order chi connectivity index (χ0) is 16.4. The Bertz CT molecular complexity index is 848. The van der Waals surface area contributed by atoms with Crippen LogP contribution in [0.5, 0.6) is 0 Å².